The maximum atomic E-state index is 12.7. The van der Waals surface area contributed by atoms with Crippen LogP contribution in [-0.4, -0.2) is 29.9 Å². The lowest BCUT2D eigenvalue weighted by Gasteiger charge is -2.34. The van der Waals surface area contributed by atoms with E-state index in [0.29, 0.717) is 12.3 Å². The SMILES string of the molecule is C[C@@H](N)[C@H]1CCCN(C(=O)Cc2cccc3ccccc23)C1. The lowest BCUT2D eigenvalue weighted by atomic mass is 9.91. The molecule has 0 aliphatic carbocycles. The van der Waals surface area contributed by atoms with Crippen molar-refractivity contribution >= 4 is 16.7 Å². The molecule has 116 valence electrons. The van der Waals surface area contributed by atoms with Gasteiger partial charge in [-0.2, -0.15) is 0 Å². The Kier molecular flexibility index (Phi) is 4.44. The Balaban J connectivity index is 1.76. The van der Waals surface area contributed by atoms with Crippen LogP contribution in [0.15, 0.2) is 42.5 Å². The Morgan fingerprint density at radius 2 is 2.05 bits per heavy atom. The molecule has 0 unspecified atom stereocenters. The zero-order valence-corrected chi connectivity index (χ0v) is 13.2. The van der Waals surface area contributed by atoms with Gasteiger partial charge in [0.25, 0.3) is 0 Å². The summed E-state index contributed by atoms with van der Waals surface area (Å²) in [6.45, 7) is 3.72. The molecule has 0 spiro atoms. The highest BCUT2D eigenvalue weighted by Crippen LogP contribution is 2.22. The highest BCUT2D eigenvalue weighted by molar-refractivity contribution is 5.90. The largest absolute Gasteiger partial charge is 0.342 e. The van der Waals surface area contributed by atoms with Crippen molar-refractivity contribution in [2.75, 3.05) is 13.1 Å². The summed E-state index contributed by atoms with van der Waals surface area (Å²) >= 11 is 0. The van der Waals surface area contributed by atoms with Gasteiger partial charge in [-0.1, -0.05) is 42.5 Å². The first-order valence-electron chi connectivity index (χ1n) is 8.15. The number of fused-ring (bicyclic) bond motifs is 1. The van der Waals surface area contributed by atoms with Gasteiger partial charge in [-0.05, 0) is 42.0 Å². The molecule has 1 aliphatic rings. The molecule has 0 saturated carbocycles. The Morgan fingerprint density at radius 1 is 1.27 bits per heavy atom. The van der Waals surface area contributed by atoms with E-state index in [0.717, 1.165) is 31.5 Å². The van der Waals surface area contributed by atoms with Gasteiger partial charge in [-0.25, -0.2) is 0 Å². The minimum absolute atomic E-state index is 0.160. The zero-order chi connectivity index (χ0) is 15.5. The van der Waals surface area contributed by atoms with Gasteiger partial charge < -0.3 is 10.6 Å². The predicted molar refractivity (Wildman–Crippen MR) is 90.6 cm³/mol. The van der Waals surface area contributed by atoms with Crippen molar-refractivity contribution in [2.45, 2.75) is 32.2 Å². The van der Waals surface area contributed by atoms with Gasteiger partial charge in [0.1, 0.15) is 0 Å². The molecule has 1 heterocycles. The monoisotopic (exact) mass is 296 g/mol. The van der Waals surface area contributed by atoms with Gasteiger partial charge >= 0.3 is 0 Å². The summed E-state index contributed by atoms with van der Waals surface area (Å²) in [7, 11) is 0. The molecule has 1 aliphatic heterocycles. The molecule has 0 aromatic heterocycles. The zero-order valence-electron chi connectivity index (χ0n) is 13.2. The number of carbonyl (C=O) groups is 1. The first-order chi connectivity index (χ1) is 10.6. The van der Waals surface area contributed by atoms with Crippen molar-refractivity contribution in [1.29, 1.82) is 0 Å². The maximum absolute atomic E-state index is 12.7. The summed E-state index contributed by atoms with van der Waals surface area (Å²) < 4.78 is 0. The molecule has 22 heavy (non-hydrogen) atoms. The average Bonchev–Trinajstić information content (AvgIpc) is 2.55. The predicted octanol–water partition coefficient (Wildman–Crippen LogP) is 2.97. The van der Waals surface area contributed by atoms with E-state index in [1.165, 1.54) is 10.8 Å². The van der Waals surface area contributed by atoms with Crippen molar-refractivity contribution in [3.8, 4) is 0 Å². The molecule has 3 rings (SSSR count). The number of hydrogen-bond acceptors (Lipinski definition) is 2. The number of amides is 1. The second-order valence-electron chi connectivity index (χ2n) is 6.42. The summed E-state index contributed by atoms with van der Waals surface area (Å²) in [6, 6.07) is 14.6. The fourth-order valence-electron chi connectivity index (χ4n) is 3.39. The molecule has 0 radical (unpaired) electrons. The number of piperidine rings is 1. The second kappa shape index (κ2) is 6.49. The first kappa shape index (κ1) is 15.0. The number of rotatable bonds is 3. The Hall–Kier alpha value is -1.87. The van der Waals surface area contributed by atoms with Crippen LogP contribution in [0.4, 0.5) is 0 Å². The smallest absolute Gasteiger partial charge is 0.227 e. The molecule has 3 nitrogen and oxygen atoms in total. The third kappa shape index (κ3) is 3.14. The Labute approximate surface area is 132 Å². The van der Waals surface area contributed by atoms with Crippen molar-refractivity contribution in [2.24, 2.45) is 11.7 Å². The van der Waals surface area contributed by atoms with E-state index in [-0.39, 0.29) is 11.9 Å². The van der Waals surface area contributed by atoms with Crippen LogP contribution in [-0.2, 0) is 11.2 Å². The summed E-state index contributed by atoms with van der Waals surface area (Å²) in [4.78, 5) is 14.7. The van der Waals surface area contributed by atoms with Crippen LogP contribution in [0.3, 0.4) is 0 Å². The summed E-state index contributed by atoms with van der Waals surface area (Å²) in [5.74, 6) is 0.659. The van der Waals surface area contributed by atoms with Crippen LogP contribution >= 0.6 is 0 Å². The van der Waals surface area contributed by atoms with E-state index < -0.39 is 0 Å². The van der Waals surface area contributed by atoms with Gasteiger partial charge in [0.15, 0.2) is 0 Å². The topological polar surface area (TPSA) is 46.3 Å². The molecule has 1 saturated heterocycles. The lowest BCUT2D eigenvalue weighted by Crippen LogP contribution is -2.45. The molecular weight excluding hydrogens is 272 g/mol. The molecule has 1 amide bonds. The number of nitrogens with zero attached hydrogens (tertiary/aromatic N) is 1. The quantitative estimate of drug-likeness (QED) is 0.946. The van der Waals surface area contributed by atoms with Crippen LogP contribution < -0.4 is 5.73 Å². The van der Waals surface area contributed by atoms with Crippen LogP contribution in [0.25, 0.3) is 10.8 Å². The number of carbonyl (C=O) groups excluding carboxylic acids is 1. The van der Waals surface area contributed by atoms with Gasteiger partial charge in [0.05, 0.1) is 6.42 Å². The molecule has 0 bridgehead atoms. The van der Waals surface area contributed by atoms with E-state index in [1.54, 1.807) is 0 Å². The number of benzene rings is 2. The molecule has 2 N–H and O–H groups in total. The average molecular weight is 296 g/mol. The van der Waals surface area contributed by atoms with Crippen LogP contribution in [0.5, 0.6) is 0 Å². The molecule has 2 atom stereocenters. The summed E-state index contributed by atoms with van der Waals surface area (Å²) in [5, 5.41) is 2.37. The Morgan fingerprint density at radius 3 is 2.86 bits per heavy atom. The normalized spacial score (nSPS) is 20.1. The van der Waals surface area contributed by atoms with E-state index >= 15 is 0 Å². The van der Waals surface area contributed by atoms with Gasteiger partial charge in [0, 0.05) is 19.1 Å². The summed E-state index contributed by atoms with van der Waals surface area (Å²) in [6.07, 6.45) is 2.68. The van der Waals surface area contributed by atoms with Gasteiger partial charge in [-0.3, -0.25) is 4.79 Å². The van der Waals surface area contributed by atoms with Crippen molar-refractivity contribution in [3.63, 3.8) is 0 Å². The molecule has 3 heteroatoms. The third-order valence-electron chi connectivity index (χ3n) is 4.78. The molecule has 1 fully saturated rings. The van der Waals surface area contributed by atoms with Gasteiger partial charge in [-0.15, -0.1) is 0 Å². The van der Waals surface area contributed by atoms with Crippen molar-refractivity contribution in [1.82, 2.24) is 4.90 Å². The van der Waals surface area contributed by atoms with E-state index in [9.17, 15) is 4.79 Å². The molecule has 2 aromatic rings. The third-order valence-corrected chi connectivity index (χ3v) is 4.78. The van der Waals surface area contributed by atoms with Crippen LogP contribution in [0.2, 0.25) is 0 Å². The first-order valence-corrected chi connectivity index (χ1v) is 8.15. The van der Waals surface area contributed by atoms with Gasteiger partial charge in [0.2, 0.25) is 5.91 Å². The van der Waals surface area contributed by atoms with Crippen molar-refractivity contribution < 1.29 is 4.79 Å². The van der Waals surface area contributed by atoms with E-state index in [2.05, 4.69) is 24.3 Å². The summed E-state index contributed by atoms with van der Waals surface area (Å²) in [5.41, 5.74) is 7.14. The van der Waals surface area contributed by atoms with E-state index in [4.69, 9.17) is 5.73 Å². The lowest BCUT2D eigenvalue weighted by molar-refractivity contribution is -0.132. The van der Waals surface area contributed by atoms with Crippen LogP contribution in [0.1, 0.15) is 25.3 Å². The van der Waals surface area contributed by atoms with Crippen LogP contribution in [0, 0.1) is 5.92 Å². The highest BCUT2D eigenvalue weighted by atomic mass is 16.2. The second-order valence-corrected chi connectivity index (χ2v) is 6.42. The fraction of sp³-hybridized carbons (Fsp3) is 0.421. The van der Waals surface area contributed by atoms with E-state index in [1.807, 2.05) is 30.0 Å². The number of hydrogen-bond donors (Lipinski definition) is 1. The number of nitrogens with two attached hydrogens (primary N) is 1. The fourth-order valence-corrected chi connectivity index (χ4v) is 3.39. The van der Waals surface area contributed by atoms with Crippen molar-refractivity contribution in [3.05, 3.63) is 48.0 Å². The minimum Gasteiger partial charge on any atom is -0.342 e. The molecule has 2 aromatic carbocycles. The minimum atomic E-state index is 0.160. The highest BCUT2D eigenvalue weighted by Gasteiger charge is 2.25. The number of likely N-dealkylation sites (tertiary alicyclic amines) is 1. The maximum Gasteiger partial charge on any atom is 0.227 e. The standard InChI is InChI=1S/C19H24N2O/c1-14(20)17-9-5-11-21(13-17)19(22)12-16-8-4-7-15-6-2-3-10-18(15)16/h2-4,6-8,10,14,17H,5,9,11-13,20H2,1H3/t14-,17+/m1/s1. The molecular formula is C19H24N2O. The Bertz CT molecular complexity index is 660.